The Hall–Kier alpha value is -2.22. The monoisotopic (exact) mass is 258 g/mol. The average molecular weight is 258 g/mol. The molecule has 1 unspecified atom stereocenters. The zero-order valence-corrected chi connectivity index (χ0v) is 11.0. The maximum atomic E-state index is 12.2. The fraction of sp³-hybridized carbons (Fsp3) is 0.429. The molecule has 0 radical (unpaired) electrons. The summed E-state index contributed by atoms with van der Waals surface area (Å²) in [6.45, 7) is 3.48. The number of nitrogens with one attached hydrogen (secondary N) is 1. The van der Waals surface area contributed by atoms with Gasteiger partial charge < -0.3 is 16.0 Å². The Morgan fingerprint density at radius 3 is 2.79 bits per heavy atom. The van der Waals surface area contributed by atoms with Crippen LogP contribution in [0.5, 0.6) is 0 Å². The van der Waals surface area contributed by atoms with Crippen molar-refractivity contribution in [1.29, 1.82) is 5.26 Å². The van der Waals surface area contributed by atoms with Crippen molar-refractivity contribution in [2.24, 2.45) is 0 Å². The third-order valence-electron chi connectivity index (χ3n) is 3.32. The number of anilines is 2. The molecule has 1 aromatic rings. The van der Waals surface area contributed by atoms with Gasteiger partial charge >= 0.3 is 0 Å². The lowest BCUT2D eigenvalue weighted by molar-refractivity contribution is -0.130. The van der Waals surface area contributed by atoms with Gasteiger partial charge in [-0.05, 0) is 38.0 Å². The Balaban J connectivity index is 2.08. The number of nitrogens with two attached hydrogens (primary N) is 1. The van der Waals surface area contributed by atoms with E-state index in [0.717, 1.165) is 25.9 Å². The van der Waals surface area contributed by atoms with E-state index in [4.69, 9.17) is 11.0 Å². The van der Waals surface area contributed by atoms with Crippen molar-refractivity contribution in [1.82, 2.24) is 4.90 Å². The van der Waals surface area contributed by atoms with Gasteiger partial charge in [-0.1, -0.05) is 0 Å². The molecule has 19 heavy (non-hydrogen) atoms. The molecule has 0 bridgehead atoms. The summed E-state index contributed by atoms with van der Waals surface area (Å²) in [4.78, 5) is 14.0. The van der Waals surface area contributed by atoms with Gasteiger partial charge in [-0.2, -0.15) is 5.26 Å². The molecule has 1 aliphatic heterocycles. The number of amides is 1. The number of likely N-dealkylation sites (tertiary alicyclic amines) is 1. The number of hydrogen-bond acceptors (Lipinski definition) is 4. The third kappa shape index (κ3) is 2.97. The van der Waals surface area contributed by atoms with Gasteiger partial charge in [-0.3, -0.25) is 4.79 Å². The van der Waals surface area contributed by atoms with Crippen LogP contribution >= 0.6 is 0 Å². The van der Waals surface area contributed by atoms with Crippen LogP contribution in [0.1, 0.15) is 25.3 Å². The first-order chi connectivity index (χ1) is 9.11. The van der Waals surface area contributed by atoms with Crippen molar-refractivity contribution in [3.63, 3.8) is 0 Å². The molecule has 0 aliphatic carbocycles. The Morgan fingerprint density at radius 1 is 1.47 bits per heavy atom. The molecule has 1 amide bonds. The fourth-order valence-electron chi connectivity index (χ4n) is 2.29. The van der Waals surface area contributed by atoms with E-state index >= 15 is 0 Å². The Labute approximate surface area is 113 Å². The van der Waals surface area contributed by atoms with Crippen molar-refractivity contribution in [3.05, 3.63) is 23.8 Å². The van der Waals surface area contributed by atoms with Crippen molar-refractivity contribution >= 4 is 17.3 Å². The Morgan fingerprint density at radius 2 is 2.16 bits per heavy atom. The topological polar surface area (TPSA) is 82.1 Å². The van der Waals surface area contributed by atoms with Crippen LogP contribution in [0.3, 0.4) is 0 Å². The van der Waals surface area contributed by atoms with Gasteiger partial charge in [0, 0.05) is 18.8 Å². The molecule has 1 saturated heterocycles. The molecule has 3 N–H and O–H groups in total. The predicted molar refractivity (Wildman–Crippen MR) is 74.5 cm³/mol. The summed E-state index contributed by atoms with van der Waals surface area (Å²) in [6.07, 6.45) is 2.15. The van der Waals surface area contributed by atoms with Crippen LogP contribution in [0.4, 0.5) is 11.4 Å². The first-order valence-electron chi connectivity index (χ1n) is 6.47. The molecule has 5 nitrogen and oxygen atoms in total. The Bertz CT molecular complexity index is 515. The smallest absolute Gasteiger partial charge is 0.244 e. The van der Waals surface area contributed by atoms with Gasteiger partial charge in [0.1, 0.15) is 12.1 Å². The van der Waals surface area contributed by atoms with Gasteiger partial charge in [0.25, 0.3) is 0 Å². The Kier molecular flexibility index (Phi) is 3.91. The zero-order valence-electron chi connectivity index (χ0n) is 11.0. The SMILES string of the molecule is CC(Nc1ccc(N)cc1C#N)C(=O)N1CCCC1. The van der Waals surface area contributed by atoms with E-state index in [-0.39, 0.29) is 11.9 Å². The number of hydrogen-bond donors (Lipinski definition) is 2. The van der Waals surface area contributed by atoms with Crippen LogP contribution in [0.25, 0.3) is 0 Å². The number of nitriles is 1. The second kappa shape index (κ2) is 5.61. The minimum atomic E-state index is -0.339. The highest BCUT2D eigenvalue weighted by Crippen LogP contribution is 2.19. The highest BCUT2D eigenvalue weighted by atomic mass is 16.2. The van der Waals surface area contributed by atoms with Crippen molar-refractivity contribution in [3.8, 4) is 6.07 Å². The number of rotatable bonds is 3. The predicted octanol–water partition coefficient (Wildman–Crippen LogP) is 1.56. The van der Waals surface area contributed by atoms with Crippen LogP contribution in [0.15, 0.2) is 18.2 Å². The average Bonchev–Trinajstić information content (AvgIpc) is 2.93. The minimum Gasteiger partial charge on any atom is -0.399 e. The lowest BCUT2D eigenvalue weighted by atomic mass is 10.1. The molecule has 0 aromatic heterocycles. The molecule has 5 heteroatoms. The summed E-state index contributed by atoms with van der Waals surface area (Å²) in [5.74, 6) is 0.0817. The van der Waals surface area contributed by atoms with Gasteiger partial charge in [-0.25, -0.2) is 0 Å². The van der Waals surface area contributed by atoms with Gasteiger partial charge in [0.15, 0.2) is 0 Å². The third-order valence-corrected chi connectivity index (χ3v) is 3.32. The molecule has 1 fully saturated rings. The number of carbonyl (C=O) groups excluding carboxylic acids is 1. The van der Waals surface area contributed by atoms with E-state index in [0.29, 0.717) is 16.9 Å². The van der Waals surface area contributed by atoms with Crippen LogP contribution < -0.4 is 11.1 Å². The normalized spacial score (nSPS) is 15.9. The molecular formula is C14H18N4O. The molecule has 1 atom stereocenters. The molecule has 1 heterocycles. The van der Waals surface area contributed by atoms with Gasteiger partial charge in [0.2, 0.25) is 5.91 Å². The quantitative estimate of drug-likeness (QED) is 0.806. The molecule has 0 spiro atoms. The maximum Gasteiger partial charge on any atom is 0.244 e. The van der Waals surface area contributed by atoms with Crippen molar-refractivity contribution in [2.75, 3.05) is 24.1 Å². The van der Waals surface area contributed by atoms with E-state index in [1.54, 1.807) is 18.2 Å². The lowest BCUT2D eigenvalue weighted by Crippen LogP contribution is -2.39. The minimum absolute atomic E-state index is 0.0817. The maximum absolute atomic E-state index is 12.2. The summed E-state index contributed by atoms with van der Waals surface area (Å²) in [6, 6.07) is 6.81. The highest BCUT2D eigenvalue weighted by Gasteiger charge is 2.23. The standard InChI is InChI=1S/C14H18N4O/c1-10(14(19)18-6-2-3-7-18)17-13-5-4-12(16)8-11(13)9-15/h4-5,8,10,17H,2-3,6-7,16H2,1H3. The number of benzene rings is 1. The first-order valence-corrected chi connectivity index (χ1v) is 6.47. The fourth-order valence-corrected chi connectivity index (χ4v) is 2.29. The summed E-state index contributed by atoms with van der Waals surface area (Å²) < 4.78 is 0. The zero-order chi connectivity index (χ0) is 13.8. The second-order valence-electron chi connectivity index (χ2n) is 4.82. The van der Waals surface area contributed by atoms with Crippen LogP contribution in [-0.2, 0) is 4.79 Å². The molecule has 100 valence electrons. The van der Waals surface area contributed by atoms with Gasteiger partial charge in [-0.15, -0.1) is 0 Å². The number of carbonyl (C=O) groups is 1. The number of nitrogens with zero attached hydrogens (tertiary/aromatic N) is 2. The van der Waals surface area contributed by atoms with Crippen LogP contribution in [-0.4, -0.2) is 29.9 Å². The molecular weight excluding hydrogens is 240 g/mol. The van der Waals surface area contributed by atoms with Crippen molar-refractivity contribution < 1.29 is 4.79 Å². The molecule has 2 rings (SSSR count). The van der Waals surface area contributed by atoms with Crippen LogP contribution in [0, 0.1) is 11.3 Å². The van der Waals surface area contributed by atoms with E-state index in [2.05, 4.69) is 11.4 Å². The number of nitrogen functional groups attached to an aromatic ring is 1. The first kappa shape index (κ1) is 13.2. The molecule has 0 saturated carbocycles. The highest BCUT2D eigenvalue weighted by molar-refractivity contribution is 5.85. The van der Waals surface area contributed by atoms with Gasteiger partial charge in [0.05, 0.1) is 11.3 Å². The summed E-state index contributed by atoms with van der Waals surface area (Å²) in [7, 11) is 0. The summed E-state index contributed by atoms with van der Waals surface area (Å²) >= 11 is 0. The van der Waals surface area contributed by atoms with E-state index in [9.17, 15) is 4.79 Å². The largest absolute Gasteiger partial charge is 0.399 e. The lowest BCUT2D eigenvalue weighted by Gasteiger charge is -2.22. The van der Waals surface area contributed by atoms with E-state index < -0.39 is 0 Å². The second-order valence-corrected chi connectivity index (χ2v) is 4.82. The molecule has 1 aromatic carbocycles. The summed E-state index contributed by atoms with van der Waals surface area (Å²) in [5, 5.41) is 12.2. The molecule has 1 aliphatic rings. The van der Waals surface area contributed by atoms with Crippen LogP contribution in [0.2, 0.25) is 0 Å². The van der Waals surface area contributed by atoms with Crippen molar-refractivity contribution in [2.45, 2.75) is 25.8 Å². The summed E-state index contributed by atoms with van der Waals surface area (Å²) in [5.41, 5.74) is 7.29. The van der Waals surface area contributed by atoms with E-state index in [1.807, 2.05) is 11.8 Å². The van der Waals surface area contributed by atoms with E-state index in [1.165, 1.54) is 0 Å².